The van der Waals surface area contributed by atoms with Gasteiger partial charge in [0.05, 0.1) is 23.9 Å². The molecule has 0 aliphatic carbocycles. The zero-order chi connectivity index (χ0) is 14.7. The number of nitrogens with zero attached hydrogens (tertiary/aromatic N) is 3. The topological polar surface area (TPSA) is 59.2 Å². The Morgan fingerprint density at radius 1 is 1.33 bits per heavy atom. The van der Waals surface area contributed by atoms with Gasteiger partial charge >= 0.3 is 0 Å². The molecule has 3 aromatic rings. The fourth-order valence-corrected chi connectivity index (χ4v) is 2.58. The molecule has 0 radical (unpaired) electrons. The summed E-state index contributed by atoms with van der Waals surface area (Å²) in [6.45, 7) is 0.460. The second-order valence-corrected chi connectivity index (χ2v) is 5.29. The van der Waals surface area contributed by atoms with Crippen LogP contribution in [0.25, 0.3) is 11.3 Å². The van der Waals surface area contributed by atoms with E-state index in [0.29, 0.717) is 17.9 Å². The van der Waals surface area contributed by atoms with Crippen LogP contribution in [-0.4, -0.2) is 28.0 Å². The van der Waals surface area contributed by atoms with E-state index in [1.807, 2.05) is 35.7 Å². The van der Waals surface area contributed by atoms with Crippen LogP contribution in [0, 0.1) is 0 Å². The molecular weight excluding hydrogens is 286 g/mol. The van der Waals surface area contributed by atoms with Crippen molar-refractivity contribution >= 4 is 17.2 Å². The van der Waals surface area contributed by atoms with Crippen LogP contribution in [0.3, 0.4) is 0 Å². The van der Waals surface area contributed by atoms with Crippen molar-refractivity contribution in [2.24, 2.45) is 0 Å². The van der Waals surface area contributed by atoms with Crippen molar-refractivity contribution in [1.29, 1.82) is 0 Å². The minimum absolute atomic E-state index is 0.136. The second kappa shape index (κ2) is 5.88. The molecule has 0 spiro atoms. The summed E-state index contributed by atoms with van der Waals surface area (Å²) in [6.07, 6.45) is 1.46. The van der Waals surface area contributed by atoms with Crippen molar-refractivity contribution in [3.63, 3.8) is 0 Å². The lowest BCUT2D eigenvalue weighted by molar-refractivity contribution is 0.0784. The number of aromatic nitrogens is 2. The number of rotatable bonds is 4. The van der Waals surface area contributed by atoms with Crippen LogP contribution < -0.4 is 0 Å². The fourth-order valence-electron chi connectivity index (χ4n) is 2.03. The van der Waals surface area contributed by atoms with E-state index in [1.165, 1.54) is 17.5 Å². The van der Waals surface area contributed by atoms with Crippen LogP contribution in [-0.2, 0) is 6.54 Å². The Labute approximate surface area is 125 Å². The first kappa shape index (κ1) is 13.5. The number of benzene rings is 1. The van der Waals surface area contributed by atoms with E-state index in [9.17, 15) is 4.79 Å². The molecule has 106 valence electrons. The Hall–Kier alpha value is -2.47. The zero-order valence-corrected chi connectivity index (χ0v) is 12.2. The molecule has 21 heavy (non-hydrogen) atoms. The molecule has 1 aromatic carbocycles. The smallest absolute Gasteiger partial charge is 0.259 e. The summed E-state index contributed by atoms with van der Waals surface area (Å²) in [5.41, 5.74) is 3.91. The average Bonchev–Trinajstić information content (AvgIpc) is 3.18. The number of hydrogen-bond donors (Lipinski definition) is 0. The van der Waals surface area contributed by atoms with E-state index in [1.54, 1.807) is 17.5 Å². The van der Waals surface area contributed by atoms with Crippen LogP contribution in [0.2, 0.25) is 0 Å². The van der Waals surface area contributed by atoms with Gasteiger partial charge in [0.2, 0.25) is 0 Å². The molecule has 0 atom stereocenters. The van der Waals surface area contributed by atoms with Crippen molar-refractivity contribution in [3.8, 4) is 11.3 Å². The van der Waals surface area contributed by atoms with Crippen LogP contribution in [0.1, 0.15) is 16.1 Å². The van der Waals surface area contributed by atoms with Crippen LogP contribution in [0.5, 0.6) is 0 Å². The minimum atomic E-state index is -0.136. The Morgan fingerprint density at radius 3 is 2.86 bits per heavy atom. The average molecular weight is 299 g/mol. The van der Waals surface area contributed by atoms with E-state index in [4.69, 9.17) is 4.52 Å². The normalized spacial score (nSPS) is 10.5. The van der Waals surface area contributed by atoms with Crippen molar-refractivity contribution < 1.29 is 9.32 Å². The molecule has 0 bridgehead atoms. The summed E-state index contributed by atoms with van der Waals surface area (Å²) in [5.74, 6) is 0.355. The number of amides is 1. The maximum Gasteiger partial charge on any atom is 0.259 e. The molecule has 0 aliphatic rings. The van der Waals surface area contributed by atoms with Crippen molar-refractivity contribution in [1.82, 2.24) is 15.0 Å². The van der Waals surface area contributed by atoms with Gasteiger partial charge in [-0.15, -0.1) is 11.3 Å². The van der Waals surface area contributed by atoms with Crippen molar-refractivity contribution in [2.75, 3.05) is 7.05 Å². The first-order valence-electron chi connectivity index (χ1n) is 6.38. The monoisotopic (exact) mass is 299 g/mol. The van der Waals surface area contributed by atoms with E-state index >= 15 is 0 Å². The predicted octanol–water partition coefficient (Wildman–Crippen LogP) is 3.07. The van der Waals surface area contributed by atoms with E-state index in [-0.39, 0.29) is 5.91 Å². The Balaban J connectivity index is 1.84. The standard InChI is InChI=1S/C15H13N3O2S/c1-18(8-12-9-21-10-16-12)15(19)13-7-17-20-14(13)11-5-3-2-4-6-11/h2-7,9-10H,8H2,1H3. The molecular formula is C15H13N3O2S. The summed E-state index contributed by atoms with van der Waals surface area (Å²) >= 11 is 1.51. The van der Waals surface area contributed by atoms with Gasteiger partial charge in [0.15, 0.2) is 5.76 Å². The second-order valence-electron chi connectivity index (χ2n) is 4.58. The van der Waals surface area contributed by atoms with Gasteiger partial charge in [-0.1, -0.05) is 35.5 Å². The molecule has 2 aromatic heterocycles. The number of carbonyl (C=O) groups is 1. The molecule has 0 unspecified atom stereocenters. The molecule has 0 saturated heterocycles. The predicted molar refractivity (Wildman–Crippen MR) is 79.9 cm³/mol. The summed E-state index contributed by atoms with van der Waals surface area (Å²) < 4.78 is 5.25. The quantitative estimate of drug-likeness (QED) is 0.743. The molecule has 1 amide bonds. The zero-order valence-electron chi connectivity index (χ0n) is 11.4. The Kier molecular flexibility index (Phi) is 3.79. The lowest BCUT2D eigenvalue weighted by atomic mass is 10.1. The molecule has 0 N–H and O–H groups in total. The summed E-state index contributed by atoms with van der Waals surface area (Å²) in [6, 6.07) is 9.47. The molecule has 6 heteroatoms. The van der Waals surface area contributed by atoms with E-state index in [0.717, 1.165) is 11.3 Å². The van der Waals surface area contributed by atoms with Gasteiger partial charge in [-0.2, -0.15) is 0 Å². The first-order valence-corrected chi connectivity index (χ1v) is 7.32. The summed E-state index contributed by atoms with van der Waals surface area (Å²) in [5, 5.41) is 5.69. The van der Waals surface area contributed by atoms with Gasteiger partial charge in [-0.25, -0.2) is 4.98 Å². The molecule has 2 heterocycles. The molecule has 5 nitrogen and oxygen atoms in total. The summed E-state index contributed by atoms with van der Waals surface area (Å²) in [7, 11) is 1.74. The van der Waals surface area contributed by atoms with Crippen LogP contribution in [0.4, 0.5) is 0 Å². The highest BCUT2D eigenvalue weighted by Crippen LogP contribution is 2.24. The maximum absolute atomic E-state index is 12.5. The van der Waals surface area contributed by atoms with Gasteiger partial charge in [-0.05, 0) is 0 Å². The first-order chi connectivity index (χ1) is 10.3. The van der Waals surface area contributed by atoms with Crippen molar-refractivity contribution in [2.45, 2.75) is 6.54 Å². The van der Waals surface area contributed by atoms with Crippen LogP contribution in [0.15, 0.2) is 51.9 Å². The largest absolute Gasteiger partial charge is 0.355 e. The highest BCUT2D eigenvalue weighted by Gasteiger charge is 2.21. The van der Waals surface area contributed by atoms with Gasteiger partial charge in [0.1, 0.15) is 5.56 Å². The van der Waals surface area contributed by atoms with Gasteiger partial charge in [0.25, 0.3) is 5.91 Å². The van der Waals surface area contributed by atoms with Crippen LogP contribution >= 0.6 is 11.3 Å². The number of carbonyl (C=O) groups excluding carboxylic acids is 1. The minimum Gasteiger partial charge on any atom is -0.355 e. The van der Waals surface area contributed by atoms with Crippen molar-refractivity contribution in [3.05, 3.63) is 58.7 Å². The number of hydrogen-bond acceptors (Lipinski definition) is 5. The Bertz CT molecular complexity index is 722. The fraction of sp³-hybridized carbons (Fsp3) is 0.133. The third-order valence-electron chi connectivity index (χ3n) is 3.07. The molecule has 3 rings (SSSR count). The van der Waals surface area contributed by atoms with Gasteiger partial charge in [-0.3, -0.25) is 4.79 Å². The van der Waals surface area contributed by atoms with E-state index < -0.39 is 0 Å². The van der Waals surface area contributed by atoms with Gasteiger partial charge < -0.3 is 9.42 Å². The third kappa shape index (κ3) is 2.85. The molecule has 0 saturated carbocycles. The summed E-state index contributed by atoms with van der Waals surface area (Å²) in [4.78, 5) is 18.3. The SMILES string of the molecule is CN(Cc1cscn1)C(=O)c1cnoc1-c1ccccc1. The lowest BCUT2D eigenvalue weighted by Gasteiger charge is -2.15. The molecule has 0 aliphatic heterocycles. The third-order valence-corrected chi connectivity index (χ3v) is 3.70. The lowest BCUT2D eigenvalue weighted by Crippen LogP contribution is -2.26. The van der Waals surface area contributed by atoms with E-state index in [2.05, 4.69) is 10.1 Å². The highest BCUT2D eigenvalue weighted by atomic mass is 32.1. The highest BCUT2D eigenvalue weighted by molar-refractivity contribution is 7.07. The van der Waals surface area contributed by atoms with Gasteiger partial charge in [0, 0.05) is 18.0 Å². The molecule has 0 fully saturated rings. The number of thiazole rings is 1. The Morgan fingerprint density at radius 2 is 2.14 bits per heavy atom. The maximum atomic E-state index is 12.5.